The Morgan fingerprint density at radius 1 is 1.12 bits per heavy atom. The second-order valence-corrected chi connectivity index (χ2v) is 5.39. The van der Waals surface area contributed by atoms with E-state index in [1.807, 2.05) is 18.2 Å². The van der Waals surface area contributed by atoms with Crippen LogP contribution in [0.15, 0.2) is 42.5 Å². The number of fused-ring (bicyclic) bond motifs is 1. The van der Waals surface area contributed by atoms with Gasteiger partial charge in [-0.15, -0.1) is 0 Å². The molecule has 0 bridgehead atoms. The average molecular weight is 349 g/mol. The summed E-state index contributed by atoms with van der Waals surface area (Å²) in [6.45, 7) is -1.46. The normalized spacial score (nSPS) is 12.8. The molecule has 0 fully saturated rings. The highest BCUT2D eigenvalue weighted by Gasteiger charge is 2.12. The molecule has 0 atom stereocenters. The van der Waals surface area contributed by atoms with Crippen LogP contribution >= 0.6 is 0 Å². The second kappa shape index (κ2) is 7.83. The van der Waals surface area contributed by atoms with Crippen molar-refractivity contribution in [2.24, 2.45) is 0 Å². The predicted octanol–water partition coefficient (Wildman–Crippen LogP) is 3.03. The second-order valence-electron chi connectivity index (χ2n) is 5.39. The lowest BCUT2D eigenvalue weighted by Gasteiger charge is -2.18. The molecule has 0 unspecified atom stereocenters. The Hall–Kier alpha value is -2.83. The minimum atomic E-state index is -2.92. The summed E-state index contributed by atoms with van der Waals surface area (Å²) in [6.07, 6.45) is 0.607. The Morgan fingerprint density at radius 2 is 1.92 bits per heavy atom. The van der Waals surface area contributed by atoms with Gasteiger partial charge in [0.15, 0.2) is 11.5 Å². The minimum absolute atomic E-state index is 0.0468. The fourth-order valence-corrected chi connectivity index (χ4v) is 2.48. The first-order chi connectivity index (χ1) is 12.1. The zero-order valence-corrected chi connectivity index (χ0v) is 13.3. The summed E-state index contributed by atoms with van der Waals surface area (Å²) in [7, 11) is 0. The molecule has 0 saturated heterocycles. The van der Waals surface area contributed by atoms with Gasteiger partial charge >= 0.3 is 6.61 Å². The highest BCUT2D eigenvalue weighted by molar-refractivity contribution is 5.94. The van der Waals surface area contributed by atoms with Gasteiger partial charge in [-0.05, 0) is 42.3 Å². The number of carbonyl (C=O) groups excluding carboxylic acids is 1. The topological polar surface area (TPSA) is 56.8 Å². The van der Waals surface area contributed by atoms with Crippen LogP contribution in [0.5, 0.6) is 17.2 Å². The molecule has 1 aliphatic rings. The lowest BCUT2D eigenvalue weighted by atomic mass is 10.1. The summed E-state index contributed by atoms with van der Waals surface area (Å²) in [5.41, 5.74) is 1.26. The van der Waals surface area contributed by atoms with Crippen molar-refractivity contribution >= 4 is 5.91 Å². The van der Waals surface area contributed by atoms with Crippen molar-refractivity contribution in [2.45, 2.75) is 13.0 Å². The Kier molecular flexibility index (Phi) is 5.33. The number of amides is 1. The van der Waals surface area contributed by atoms with Gasteiger partial charge in [-0.25, -0.2) is 0 Å². The van der Waals surface area contributed by atoms with Crippen molar-refractivity contribution < 1.29 is 27.8 Å². The number of halogens is 2. The van der Waals surface area contributed by atoms with Crippen molar-refractivity contribution in [1.82, 2.24) is 5.32 Å². The maximum atomic E-state index is 12.2. The summed E-state index contributed by atoms with van der Waals surface area (Å²) in [5, 5.41) is 2.75. The van der Waals surface area contributed by atoms with Gasteiger partial charge < -0.3 is 19.5 Å². The van der Waals surface area contributed by atoms with Crippen LogP contribution in [0.25, 0.3) is 0 Å². The van der Waals surface area contributed by atoms with Crippen LogP contribution in [0.2, 0.25) is 0 Å². The summed E-state index contributed by atoms with van der Waals surface area (Å²) < 4.78 is 39.7. The fraction of sp³-hybridized carbons (Fsp3) is 0.278. The predicted molar refractivity (Wildman–Crippen MR) is 86.5 cm³/mol. The first-order valence-corrected chi connectivity index (χ1v) is 7.83. The number of carbonyl (C=O) groups is 1. The molecule has 2 aromatic rings. The van der Waals surface area contributed by atoms with E-state index >= 15 is 0 Å². The van der Waals surface area contributed by atoms with Crippen molar-refractivity contribution in [3.05, 3.63) is 53.6 Å². The monoisotopic (exact) mass is 349 g/mol. The lowest BCUT2D eigenvalue weighted by Crippen LogP contribution is -2.25. The third-order valence-electron chi connectivity index (χ3n) is 3.63. The Balaban J connectivity index is 1.54. The summed E-state index contributed by atoms with van der Waals surface area (Å²) in [6, 6.07) is 11.3. The van der Waals surface area contributed by atoms with Crippen LogP contribution in [0.4, 0.5) is 8.78 Å². The molecule has 1 heterocycles. The van der Waals surface area contributed by atoms with Gasteiger partial charge in [0.25, 0.3) is 5.91 Å². The van der Waals surface area contributed by atoms with Gasteiger partial charge in [0.05, 0.1) is 0 Å². The van der Waals surface area contributed by atoms with E-state index in [0.717, 1.165) is 11.3 Å². The summed E-state index contributed by atoms with van der Waals surface area (Å²) >= 11 is 0. The van der Waals surface area contributed by atoms with Gasteiger partial charge in [-0.1, -0.05) is 12.1 Å². The molecule has 3 rings (SSSR count). The number of hydrogen-bond donors (Lipinski definition) is 1. The highest BCUT2D eigenvalue weighted by Crippen LogP contribution is 2.30. The van der Waals surface area contributed by atoms with Gasteiger partial charge in [0, 0.05) is 12.1 Å². The van der Waals surface area contributed by atoms with Crippen LogP contribution in [0, 0.1) is 0 Å². The highest BCUT2D eigenvalue weighted by atomic mass is 19.3. The number of ether oxygens (including phenoxy) is 3. The molecular weight excluding hydrogens is 332 g/mol. The number of rotatable bonds is 6. The molecule has 25 heavy (non-hydrogen) atoms. The molecule has 0 radical (unpaired) electrons. The third-order valence-corrected chi connectivity index (χ3v) is 3.63. The number of nitrogens with one attached hydrogen (secondary N) is 1. The number of hydrogen-bond acceptors (Lipinski definition) is 4. The first-order valence-electron chi connectivity index (χ1n) is 7.83. The molecule has 5 nitrogen and oxygen atoms in total. The van der Waals surface area contributed by atoms with Gasteiger partial charge in [0.1, 0.15) is 19.0 Å². The fourth-order valence-electron chi connectivity index (χ4n) is 2.48. The molecule has 0 spiro atoms. The van der Waals surface area contributed by atoms with Crippen LogP contribution in [-0.4, -0.2) is 32.3 Å². The van der Waals surface area contributed by atoms with Crippen molar-refractivity contribution in [1.29, 1.82) is 0 Å². The van der Waals surface area contributed by atoms with Crippen LogP contribution in [-0.2, 0) is 6.42 Å². The standard InChI is InChI=1S/C18H17F2NO4/c19-18(20)25-14-3-1-2-13(11-14)17(22)21-7-6-12-4-5-15-16(10-12)24-9-8-23-15/h1-5,10-11,18H,6-9H2,(H,21,22). The van der Waals surface area contributed by atoms with E-state index in [1.165, 1.54) is 24.3 Å². The quantitative estimate of drug-likeness (QED) is 0.871. The molecule has 2 aromatic carbocycles. The molecule has 1 N–H and O–H groups in total. The molecular formula is C18H17F2NO4. The van der Waals surface area contributed by atoms with E-state index in [9.17, 15) is 13.6 Å². The van der Waals surface area contributed by atoms with Crippen LogP contribution in [0.3, 0.4) is 0 Å². The number of benzene rings is 2. The van der Waals surface area contributed by atoms with Gasteiger partial charge in [-0.2, -0.15) is 8.78 Å². The maximum absolute atomic E-state index is 12.2. The third kappa shape index (κ3) is 4.59. The summed E-state index contributed by atoms with van der Waals surface area (Å²) in [4.78, 5) is 12.1. The lowest BCUT2D eigenvalue weighted by molar-refractivity contribution is -0.0498. The summed E-state index contributed by atoms with van der Waals surface area (Å²) in [5.74, 6) is 1.02. The Morgan fingerprint density at radius 3 is 2.72 bits per heavy atom. The van der Waals surface area contributed by atoms with Crippen molar-refractivity contribution in [3.63, 3.8) is 0 Å². The molecule has 0 saturated carbocycles. The van der Waals surface area contributed by atoms with Crippen molar-refractivity contribution in [3.8, 4) is 17.2 Å². The molecule has 1 aliphatic heterocycles. The Bertz CT molecular complexity index is 752. The van der Waals surface area contributed by atoms with Gasteiger partial charge in [-0.3, -0.25) is 4.79 Å². The molecule has 0 aromatic heterocycles. The molecule has 0 aliphatic carbocycles. The van der Waals surface area contributed by atoms with E-state index in [0.29, 0.717) is 31.9 Å². The largest absolute Gasteiger partial charge is 0.486 e. The van der Waals surface area contributed by atoms with E-state index in [4.69, 9.17) is 9.47 Å². The SMILES string of the molecule is O=C(NCCc1ccc2c(c1)OCCO2)c1cccc(OC(F)F)c1. The first kappa shape index (κ1) is 17.0. The zero-order chi connectivity index (χ0) is 17.6. The molecule has 1 amide bonds. The number of alkyl halides is 2. The zero-order valence-electron chi connectivity index (χ0n) is 13.3. The maximum Gasteiger partial charge on any atom is 0.387 e. The van der Waals surface area contributed by atoms with Gasteiger partial charge in [0.2, 0.25) is 0 Å². The Labute approximate surface area is 143 Å². The van der Waals surface area contributed by atoms with E-state index in [2.05, 4.69) is 10.1 Å². The van der Waals surface area contributed by atoms with E-state index < -0.39 is 6.61 Å². The molecule has 132 valence electrons. The van der Waals surface area contributed by atoms with Crippen LogP contribution in [0.1, 0.15) is 15.9 Å². The van der Waals surface area contributed by atoms with Crippen molar-refractivity contribution in [2.75, 3.05) is 19.8 Å². The minimum Gasteiger partial charge on any atom is -0.486 e. The average Bonchev–Trinajstić information content (AvgIpc) is 2.61. The smallest absolute Gasteiger partial charge is 0.387 e. The van der Waals surface area contributed by atoms with E-state index in [1.54, 1.807) is 0 Å². The molecule has 7 heteroatoms. The van der Waals surface area contributed by atoms with Crippen LogP contribution < -0.4 is 19.5 Å². The van der Waals surface area contributed by atoms with E-state index in [-0.39, 0.29) is 17.2 Å².